The molecule has 2 heterocycles. The fraction of sp³-hybridized carbons (Fsp3) is 0.250. The number of Topliss-reactive ketones (excluding diaryl/α,β-unsaturated/α-hetero) is 1. The average Bonchev–Trinajstić information content (AvgIpc) is 2.61. The molecular formula is C20H21F2N3O2S. The third kappa shape index (κ3) is 3.77. The summed E-state index contributed by atoms with van der Waals surface area (Å²) in [5, 5.41) is 3.11. The van der Waals surface area contributed by atoms with Gasteiger partial charge in [0.1, 0.15) is 23.1 Å². The Balaban J connectivity index is 1.92. The number of halogens is 2. The van der Waals surface area contributed by atoms with Crippen molar-refractivity contribution in [1.82, 2.24) is 14.6 Å². The Morgan fingerprint density at radius 3 is 2.68 bits per heavy atom. The van der Waals surface area contributed by atoms with Crippen molar-refractivity contribution in [3.05, 3.63) is 77.4 Å². The van der Waals surface area contributed by atoms with Gasteiger partial charge in [0.15, 0.2) is 5.78 Å². The third-order valence-corrected chi connectivity index (χ3v) is 7.06. The topological polar surface area (TPSA) is 62.3 Å². The van der Waals surface area contributed by atoms with Gasteiger partial charge in [-0.2, -0.15) is 0 Å². The van der Waals surface area contributed by atoms with Crippen molar-refractivity contribution in [2.24, 2.45) is 0 Å². The lowest BCUT2D eigenvalue weighted by Crippen LogP contribution is -2.56. The lowest BCUT2D eigenvalue weighted by atomic mass is 9.90. The molecule has 1 aliphatic rings. The molecule has 1 aromatic carbocycles. The van der Waals surface area contributed by atoms with Crippen LogP contribution in [0.25, 0.3) is 0 Å². The second kappa shape index (κ2) is 7.01. The van der Waals surface area contributed by atoms with Crippen LogP contribution < -0.4 is 5.32 Å². The van der Waals surface area contributed by atoms with Gasteiger partial charge in [0, 0.05) is 19.0 Å². The Kier molecular flexibility index (Phi) is 5.01. The van der Waals surface area contributed by atoms with Crippen molar-refractivity contribution in [2.45, 2.75) is 18.9 Å². The first kappa shape index (κ1) is 20.0. The summed E-state index contributed by atoms with van der Waals surface area (Å²) in [6, 6.07) is 6.82. The lowest BCUT2D eigenvalue weighted by molar-refractivity contribution is 0.0988. The molecule has 2 atom stereocenters. The maximum Gasteiger partial charge on any atom is 0.185 e. The monoisotopic (exact) mass is 405 g/mol. The number of hydrogen-bond donors (Lipinski definition) is 1. The van der Waals surface area contributed by atoms with E-state index in [0.717, 1.165) is 12.3 Å². The van der Waals surface area contributed by atoms with Crippen molar-refractivity contribution in [3.8, 4) is 0 Å². The van der Waals surface area contributed by atoms with E-state index in [1.54, 1.807) is 20.0 Å². The summed E-state index contributed by atoms with van der Waals surface area (Å²) in [5.41, 5.74) is -0.0316. The van der Waals surface area contributed by atoms with Crippen LogP contribution in [0.2, 0.25) is 0 Å². The number of carbonyl (C=O) groups is 1. The molecule has 148 valence electrons. The van der Waals surface area contributed by atoms with Crippen LogP contribution in [0.4, 0.5) is 8.78 Å². The Morgan fingerprint density at radius 1 is 1.36 bits per heavy atom. The number of benzene rings is 1. The number of carbonyl (C=O) groups excluding carboxylic acids is 1. The maximum absolute atomic E-state index is 14.6. The van der Waals surface area contributed by atoms with Gasteiger partial charge < -0.3 is 5.32 Å². The zero-order valence-electron chi connectivity index (χ0n) is 15.7. The molecule has 0 saturated carbocycles. The molecule has 0 amide bonds. The second-order valence-corrected chi connectivity index (χ2v) is 9.48. The van der Waals surface area contributed by atoms with E-state index in [9.17, 15) is 17.8 Å². The number of ketones is 1. The Morgan fingerprint density at radius 2 is 2.07 bits per heavy atom. The van der Waals surface area contributed by atoms with Crippen LogP contribution in [-0.4, -0.2) is 38.0 Å². The van der Waals surface area contributed by atoms with Crippen LogP contribution in [-0.2, 0) is 21.7 Å². The first-order valence-corrected chi connectivity index (χ1v) is 10.4. The van der Waals surface area contributed by atoms with Crippen LogP contribution >= 0.6 is 0 Å². The average molecular weight is 405 g/mol. The van der Waals surface area contributed by atoms with Gasteiger partial charge in [-0.1, -0.05) is 18.7 Å². The number of hydrogen-bond acceptors (Lipinski definition) is 4. The molecule has 0 spiro atoms. The van der Waals surface area contributed by atoms with Crippen molar-refractivity contribution >= 4 is 21.4 Å². The highest BCUT2D eigenvalue weighted by Crippen LogP contribution is 2.32. The smallest absolute Gasteiger partial charge is 0.185 e. The molecule has 1 fully saturated rings. The van der Waals surface area contributed by atoms with Crippen molar-refractivity contribution in [2.75, 3.05) is 12.8 Å². The fourth-order valence-corrected chi connectivity index (χ4v) is 5.02. The minimum Gasteiger partial charge on any atom is -0.361 e. The van der Waals surface area contributed by atoms with Crippen molar-refractivity contribution in [3.63, 3.8) is 0 Å². The van der Waals surface area contributed by atoms with Crippen molar-refractivity contribution < 1.29 is 17.8 Å². The van der Waals surface area contributed by atoms with E-state index in [1.165, 1.54) is 22.5 Å². The summed E-state index contributed by atoms with van der Waals surface area (Å²) in [5.74, 6) is 2.89. The Bertz CT molecular complexity index is 1050. The number of nitrogens with zero attached hydrogens (tertiary/aromatic N) is 2. The normalized spacial score (nSPS) is 24.7. The third-order valence-electron chi connectivity index (χ3n) is 4.82. The Hall–Kier alpha value is -2.74. The van der Waals surface area contributed by atoms with Gasteiger partial charge in [0.25, 0.3) is 0 Å². The zero-order valence-corrected chi connectivity index (χ0v) is 16.5. The summed E-state index contributed by atoms with van der Waals surface area (Å²) in [4.78, 5) is 16.2. The molecule has 0 radical (unpaired) electrons. The number of aromatic nitrogens is 1. The quantitative estimate of drug-likeness (QED) is 0.628. The summed E-state index contributed by atoms with van der Waals surface area (Å²) in [7, 11) is -1.06. The molecular weight excluding hydrogens is 384 g/mol. The highest BCUT2D eigenvalue weighted by atomic mass is 32.2. The first-order chi connectivity index (χ1) is 13.0. The number of nitrogens with one attached hydrogen (secondary N) is 1. The van der Waals surface area contributed by atoms with E-state index in [-0.39, 0.29) is 29.2 Å². The molecule has 28 heavy (non-hydrogen) atoms. The summed E-state index contributed by atoms with van der Waals surface area (Å²) in [6.45, 7) is 5.56. The van der Waals surface area contributed by atoms with Crippen LogP contribution in [0.3, 0.4) is 0 Å². The molecule has 0 bridgehead atoms. The molecule has 2 aromatic rings. The SMILES string of the molecule is C=C1N[C@](C)(c2cc(CC(=O)c3ccc(F)cn3)ccc2F)CS(=C)(=O)N1C. The lowest BCUT2D eigenvalue weighted by Gasteiger charge is -2.44. The largest absolute Gasteiger partial charge is 0.361 e. The highest BCUT2D eigenvalue weighted by Gasteiger charge is 2.39. The van der Waals surface area contributed by atoms with E-state index in [4.69, 9.17) is 0 Å². The van der Waals surface area contributed by atoms with Gasteiger partial charge in [0.05, 0.1) is 27.2 Å². The first-order valence-electron chi connectivity index (χ1n) is 8.51. The molecule has 1 N–H and O–H groups in total. The van der Waals surface area contributed by atoms with Crippen LogP contribution in [0.5, 0.6) is 0 Å². The molecule has 1 saturated heterocycles. The fourth-order valence-electron chi connectivity index (χ4n) is 3.25. The molecule has 8 heteroatoms. The summed E-state index contributed by atoms with van der Waals surface area (Å²) in [6.07, 6.45) is 0.950. The number of pyridine rings is 1. The summed E-state index contributed by atoms with van der Waals surface area (Å²) >= 11 is 0. The zero-order chi connectivity index (χ0) is 20.7. The molecule has 3 rings (SSSR count). The minimum absolute atomic E-state index is 0.0252. The predicted octanol–water partition coefficient (Wildman–Crippen LogP) is 2.64. The molecule has 1 aromatic heterocycles. The van der Waals surface area contributed by atoms with E-state index in [2.05, 4.69) is 22.8 Å². The van der Waals surface area contributed by atoms with Gasteiger partial charge in [-0.25, -0.2) is 13.0 Å². The van der Waals surface area contributed by atoms with E-state index >= 15 is 0 Å². The maximum atomic E-state index is 14.6. The standard InChI is InChI=1S/C20H21F2N3O2S/c1-13-24-20(2,12-28(4,27)25(13)3)16-9-14(5-7-17(16)22)10-19(26)18-8-6-15(21)11-23-18/h5-9,11,24H,1,4,10,12H2,2-3H3/t20-,28?/m0/s1. The van der Waals surface area contributed by atoms with Gasteiger partial charge in [-0.05, 0) is 36.6 Å². The van der Waals surface area contributed by atoms with Crippen LogP contribution in [0.15, 0.2) is 48.9 Å². The van der Waals surface area contributed by atoms with Crippen molar-refractivity contribution in [1.29, 1.82) is 0 Å². The highest BCUT2D eigenvalue weighted by molar-refractivity contribution is 7.98. The predicted molar refractivity (Wildman–Crippen MR) is 106 cm³/mol. The van der Waals surface area contributed by atoms with Gasteiger partial charge in [-0.3, -0.25) is 14.1 Å². The van der Waals surface area contributed by atoms with Gasteiger partial charge in [-0.15, -0.1) is 0 Å². The summed E-state index contributed by atoms with van der Waals surface area (Å²) < 4.78 is 41.9. The minimum atomic E-state index is -2.67. The number of rotatable bonds is 4. The molecule has 1 unspecified atom stereocenters. The van der Waals surface area contributed by atoms with Gasteiger partial charge >= 0.3 is 0 Å². The van der Waals surface area contributed by atoms with E-state index in [1.807, 2.05) is 0 Å². The molecule has 1 aliphatic heterocycles. The van der Waals surface area contributed by atoms with E-state index < -0.39 is 26.9 Å². The van der Waals surface area contributed by atoms with Crippen LogP contribution in [0, 0.1) is 11.6 Å². The molecule has 5 nitrogen and oxygen atoms in total. The van der Waals surface area contributed by atoms with E-state index in [0.29, 0.717) is 11.4 Å². The molecule has 0 aliphatic carbocycles. The Labute approximate surface area is 163 Å². The van der Waals surface area contributed by atoms with Crippen LogP contribution in [0.1, 0.15) is 28.5 Å². The van der Waals surface area contributed by atoms with Gasteiger partial charge in [0.2, 0.25) is 0 Å². The second-order valence-electron chi connectivity index (χ2n) is 7.09.